The van der Waals surface area contributed by atoms with Crippen LogP contribution in [0.1, 0.15) is 44.3 Å². The maximum Gasteiger partial charge on any atom is 0.133 e. The molecule has 1 saturated heterocycles. The Morgan fingerprint density at radius 3 is 2.67 bits per heavy atom. The van der Waals surface area contributed by atoms with Crippen LogP contribution in [0.5, 0.6) is 0 Å². The van der Waals surface area contributed by atoms with Gasteiger partial charge in [0.05, 0.1) is 12.0 Å². The van der Waals surface area contributed by atoms with E-state index in [0.29, 0.717) is 17.7 Å². The summed E-state index contributed by atoms with van der Waals surface area (Å²) in [6.07, 6.45) is 8.61. The number of hydrogen-bond acceptors (Lipinski definition) is 3. The van der Waals surface area contributed by atoms with Gasteiger partial charge in [-0.3, -0.25) is 9.69 Å². The van der Waals surface area contributed by atoms with Gasteiger partial charge in [-0.25, -0.2) is 4.98 Å². The van der Waals surface area contributed by atoms with E-state index >= 15 is 0 Å². The number of piperidine rings is 1. The molecule has 1 aliphatic heterocycles. The van der Waals surface area contributed by atoms with Gasteiger partial charge in [0.15, 0.2) is 0 Å². The minimum absolute atomic E-state index is 0.301. The van der Waals surface area contributed by atoms with Gasteiger partial charge in [-0.05, 0) is 45.7 Å². The topological polar surface area (TPSA) is 38.1 Å². The lowest BCUT2D eigenvalue weighted by Gasteiger charge is -2.30. The summed E-state index contributed by atoms with van der Waals surface area (Å²) in [5.74, 6) is 0.660. The van der Waals surface area contributed by atoms with E-state index in [9.17, 15) is 4.79 Å². The van der Waals surface area contributed by atoms with Crippen molar-refractivity contribution in [2.45, 2.75) is 45.2 Å². The van der Waals surface area contributed by atoms with E-state index < -0.39 is 0 Å². The maximum absolute atomic E-state index is 11.3. The van der Waals surface area contributed by atoms with Crippen LogP contribution >= 0.6 is 0 Å². The summed E-state index contributed by atoms with van der Waals surface area (Å²) >= 11 is 0. The second kappa shape index (κ2) is 4.84. The minimum Gasteiger partial charge on any atom is -0.330 e. The van der Waals surface area contributed by atoms with Crippen LogP contribution in [0.3, 0.4) is 0 Å². The molecule has 4 heteroatoms. The van der Waals surface area contributed by atoms with Gasteiger partial charge < -0.3 is 4.57 Å². The summed E-state index contributed by atoms with van der Waals surface area (Å²) in [6.45, 7) is 4.80. The summed E-state index contributed by atoms with van der Waals surface area (Å²) in [4.78, 5) is 18.1. The smallest absolute Gasteiger partial charge is 0.133 e. The number of rotatable bonds is 4. The second-order valence-corrected chi connectivity index (χ2v) is 5.68. The van der Waals surface area contributed by atoms with Crippen molar-refractivity contribution in [1.29, 1.82) is 0 Å². The standard InChI is InChI=1S/C14H21N3O/c1-11(18)12-4-6-16(7-5-12)9-14-8-15-10-17(14)13-2-3-13/h8,10,12-13H,2-7,9H2,1H3. The largest absolute Gasteiger partial charge is 0.330 e. The van der Waals surface area contributed by atoms with E-state index in [-0.39, 0.29) is 0 Å². The average Bonchev–Trinajstić information content (AvgIpc) is 3.11. The molecule has 98 valence electrons. The van der Waals surface area contributed by atoms with Crippen LogP contribution in [-0.4, -0.2) is 33.3 Å². The zero-order valence-electron chi connectivity index (χ0n) is 11.0. The lowest BCUT2D eigenvalue weighted by molar-refractivity contribution is -0.122. The number of carbonyl (C=O) groups excluding carboxylic acids is 1. The molecule has 0 amide bonds. The van der Waals surface area contributed by atoms with Gasteiger partial charge >= 0.3 is 0 Å². The number of hydrogen-bond donors (Lipinski definition) is 0. The van der Waals surface area contributed by atoms with E-state index in [1.165, 1.54) is 18.5 Å². The monoisotopic (exact) mass is 247 g/mol. The number of nitrogens with zero attached hydrogens (tertiary/aromatic N) is 3. The number of Topliss-reactive ketones (excluding diaryl/α,β-unsaturated/α-hetero) is 1. The van der Waals surface area contributed by atoms with E-state index in [1.807, 2.05) is 12.5 Å². The van der Waals surface area contributed by atoms with Crippen molar-refractivity contribution in [2.24, 2.45) is 5.92 Å². The zero-order chi connectivity index (χ0) is 12.5. The van der Waals surface area contributed by atoms with Crippen molar-refractivity contribution in [3.05, 3.63) is 18.2 Å². The van der Waals surface area contributed by atoms with E-state index in [2.05, 4.69) is 14.5 Å². The highest BCUT2D eigenvalue weighted by molar-refractivity contribution is 5.78. The highest BCUT2D eigenvalue weighted by atomic mass is 16.1. The van der Waals surface area contributed by atoms with Crippen LogP contribution in [0.25, 0.3) is 0 Å². The van der Waals surface area contributed by atoms with Crippen LogP contribution < -0.4 is 0 Å². The third kappa shape index (κ3) is 2.48. The SMILES string of the molecule is CC(=O)C1CCN(Cc2cncn2C2CC2)CC1. The molecule has 2 heterocycles. The highest BCUT2D eigenvalue weighted by Gasteiger charge is 2.27. The fraction of sp³-hybridized carbons (Fsp3) is 0.714. The second-order valence-electron chi connectivity index (χ2n) is 5.68. The molecule has 0 spiro atoms. The van der Waals surface area contributed by atoms with Crippen LogP contribution in [0.15, 0.2) is 12.5 Å². The first kappa shape index (κ1) is 11.9. The predicted octanol–water partition coefficient (Wildman–Crippen LogP) is 2.02. The Labute approximate surface area is 108 Å². The van der Waals surface area contributed by atoms with Crippen molar-refractivity contribution in [2.75, 3.05) is 13.1 Å². The molecule has 1 aromatic heterocycles. The Balaban J connectivity index is 1.57. The molecule has 18 heavy (non-hydrogen) atoms. The normalized spacial score (nSPS) is 22.3. The lowest BCUT2D eigenvalue weighted by Crippen LogP contribution is -2.35. The molecule has 1 aliphatic carbocycles. The van der Waals surface area contributed by atoms with Crippen molar-refractivity contribution in [3.63, 3.8) is 0 Å². The van der Waals surface area contributed by atoms with Crippen molar-refractivity contribution in [1.82, 2.24) is 14.5 Å². The summed E-state index contributed by atoms with van der Waals surface area (Å²) in [7, 11) is 0. The Morgan fingerprint density at radius 1 is 1.33 bits per heavy atom. The number of imidazole rings is 1. The van der Waals surface area contributed by atoms with Gasteiger partial charge in [-0.1, -0.05) is 0 Å². The van der Waals surface area contributed by atoms with Gasteiger partial charge in [-0.15, -0.1) is 0 Å². The molecule has 0 N–H and O–H groups in total. The van der Waals surface area contributed by atoms with Gasteiger partial charge in [0.1, 0.15) is 5.78 Å². The summed E-state index contributed by atoms with van der Waals surface area (Å²) in [5, 5.41) is 0. The zero-order valence-corrected chi connectivity index (χ0v) is 11.0. The summed E-state index contributed by atoms with van der Waals surface area (Å²) < 4.78 is 2.33. The molecule has 0 atom stereocenters. The molecule has 4 nitrogen and oxygen atoms in total. The fourth-order valence-corrected chi connectivity index (χ4v) is 2.86. The molecular weight excluding hydrogens is 226 g/mol. The van der Waals surface area contributed by atoms with Crippen LogP contribution in [0.4, 0.5) is 0 Å². The number of carbonyl (C=O) groups is 1. The lowest BCUT2D eigenvalue weighted by atomic mass is 9.93. The average molecular weight is 247 g/mol. The Morgan fingerprint density at radius 2 is 2.06 bits per heavy atom. The molecule has 1 aromatic rings. The molecule has 0 aromatic carbocycles. The predicted molar refractivity (Wildman–Crippen MR) is 69.2 cm³/mol. The summed E-state index contributed by atoms with van der Waals surface area (Å²) in [5.41, 5.74) is 1.33. The molecular formula is C14H21N3O. The van der Waals surface area contributed by atoms with Crippen molar-refractivity contribution >= 4 is 5.78 Å². The van der Waals surface area contributed by atoms with Gasteiger partial charge in [-0.2, -0.15) is 0 Å². The molecule has 0 unspecified atom stereocenters. The van der Waals surface area contributed by atoms with Gasteiger partial charge in [0.25, 0.3) is 0 Å². The minimum atomic E-state index is 0.301. The Hall–Kier alpha value is -1.16. The Bertz CT molecular complexity index is 428. The first-order valence-corrected chi connectivity index (χ1v) is 6.97. The first-order chi connectivity index (χ1) is 8.74. The van der Waals surface area contributed by atoms with Crippen molar-refractivity contribution in [3.8, 4) is 0 Å². The van der Waals surface area contributed by atoms with Gasteiger partial charge in [0.2, 0.25) is 0 Å². The molecule has 2 aliphatic rings. The third-order valence-electron chi connectivity index (χ3n) is 4.23. The number of aromatic nitrogens is 2. The fourth-order valence-electron chi connectivity index (χ4n) is 2.86. The molecule has 0 radical (unpaired) electrons. The van der Waals surface area contributed by atoms with Gasteiger partial charge in [0, 0.05) is 24.7 Å². The van der Waals surface area contributed by atoms with Crippen LogP contribution in [0, 0.1) is 5.92 Å². The maximum atomic E-state index is 11.3. The highest BCUT2D eigenvalue weighted by Crippen LogP contribution is 2.36. The molecule has 3 rings (SSSR count). The number of likely N-dealkylation sites (tertiary alicyclic amines) is 1. The van der Waals surface area contributed by atoms with Crippen LogP contribution in [-0.2, 0) is 11.3 Å². The van der Waals surface area contributed by atoms with Crippen molar-refractivity contribution < 1.29 is 4.79 Å². The molecule has 1 saturated carbocycles. The quantitative estimate of drug-likeness (QED) is 0.817. The van der Waals surface area contributed by atoms with E-state index in [1.54, 1.807) is 6.92 Å². The molecule has 0 bridgehead atoms. The summed E-state index contributed by atoms with van der Waals surface area (Å²) in [6, 6.07) is 0.706. The number of ketones is 1. The first-order valence-electron chi connectivity index (χ1n) is 6.97. The van der Waals surface area contributed by atoms with E-state index in [4.69, 9.17) is 0 Å². The van der Waals surface area contributed by atoms with Crippen LogP contribution in [0.2, 0.25) is 0 Å². The van der Waals surface area contributed by atoms with E-state index in [0.717, 1.165) is 32.5 Å². The third-order valence-corrected chi connectivity index (χ3v) is 4.23. The molecule has 2 fully saturated rings. The Kier molecular flexibility index (Phi) is 3.20.